The van der Waals surface area contributed by atoms with Gasteiger partial charge in [0.05, 0.1) is 28.6 Å². The number of alkyl halides is 2. The summed E-state index contributed by atoms with van der Waals surface area (Å²) >= 11 is 8.82. The molecule has 0 saturated carbocycles. The number of nitrogens with zero attached hydrogens (tertiary/aromatic N) is 3. The molecule has 0 unspecified atom stereocenters. The number of anilines is 1. The molecule has 1 N–H and O–H groups in total. The van der Waals surface area contributed by atoms with Gasteiger partial charge in [-0.1, -0.05) is 12.1 Å². The van der Waals surface area contributed by atoms with Crippen LogP contribution in [0.15, 0.2) is 34.9 Å². The van der Waals surface area contributed by atoms with Gasteiger partial charge in [-0.05, 0) is 47.2 Å². The maximum absolute atomic E-state index is 12.5. The van der Waals surface area contributed by atoms with Crippen molar-refractivity contribution in [3.8, 4) is 5.75 Å². The van der Waals surface area contributed by atoms with Crippen molar-refractivity contribution in [2.75, 3.05) is 12.4 Å². The average Bonchev–Trinajstić information content (AvgIpc) is 2.89. The number of aromatic nitrogens is 2. The number of hydrogen-bond acceptors (Lipinski definition) is 3. The van der Waals surface area contributed by atoms with Gasteiger partial charge >= 0.3 is 6.61 Å². The van der Waals surface area contributed by atoms with Crippen molar-refractivity contribution in [3.63, 3.8) is 0 Å². The van der Waals surface area contributed by atoms with Crippen LogP contribution >= 0.6 is 28.1 Å². The van der Waals surface area contributed by atoms with E-state index in [2.05, 4.69) is 31.1 Å². The lowest BCUT2D eigenvalue weighted by Crippen LogP contribution is -2.31. The molecule has 0 spiro atoms. The van der Waals surface area contributed by atoms with Gasteiger partial charge in [0.15, 0.2) is 5.11 Å². The lowest BCUT2D eigenvalue weighted by Gasteiger charge is -2.22. The summed E-state index contributed by atoms with van der Waals surface area (Å²) in [5.74, 6) is 0.0445. The summed E-state index contributed by atoms with van der Waals surface area (Å²) in [4.78, 5) is 1.79. The molecule has 5 nitrogen and oxygen atoms in total. The van der Waals surface area contributed by atoms with E-state index in [1.165, 1.54) is 6.07 Å². The number of hydrogen-bond donors (Lipinski definition) is 1. The second kappa shape index (κ2) is 8.39. The van der Waals surface area contributed by atoms with Crippen molar-refractivity contribution in [2.45, 2.75) is 26.6 Å². The van der Waals surface area contributed by atoms with Gasteiger partial charge in [-0.25, -0.2) is 0 Å². The van der Waals surface area contributed by atoms with E-state index >= 15 is 0 Å². The fourth-order valence-electron chi connectivity index (χ4n) is 2.09. The van der Waals surface area contributed by atoms with E-state index in [0.29, 0.717) is 17.3 Å². The van der Waals surface area contributed by atoms with Crippen LogP contribution in [0.5, 0.6) is 5.75 Å². The van der Waals surface area contributed by atoms with Crippen LogP contribution in [0, 0.1) is 0 Å². The minimum absolute atomic E-state index is 0.0445. The number of ether oxygens (including phenoxy) is 1. The van der Waals surface area contributed by atoms with Crippen molar-refractivity contribution in [2.24, 2.45) is 0 Å². The number of para-hydroxylation sites is 2. The number of rotatable bonds is 6. The van der Waals surface area contributed by atoms with Crippen LogP contribution in [0.1, 0.15) is 12.6 Å². The Morgan fingerprint density at radius 2 is 2.17 bits per heavy atom. The smallest absolute Gasteiger partial charge is 0.387 e. The normalized spacial score (nSPS) is 10.8. The van der Waals surface area contributed by atoms with Crippen molar-refractivity contribution in [1.29, 1.82) is 0 Å². The van der Waals surface area contributed by atoms with E-state index in [1.807, 2.05) is 18.7 Å². The first-order valence-corrected chi connectivity index (χ1v) is 8.38. The fraction of sp³-hybridized carbons (Fsp3) is 0.333. The lowest BCUT2D eigenvalue weighted by molar-refractivity contribution is -0.0493. The highest BCUT2D eigenvalue weighted by Gasteiger charge is 2.15. The van der Waals surface area contributed by atoms with E-state index in [-0.39, 0.29) is 5.75 Å². The summed E-state index contributed by atoms with van der Waals surface area (Å²) in [6, 6.07) is 6.42. The fourth-order valence-corrected chi connectivity index (χ4v) is 2.69. The Morgan fingerprint density at radius 3 is 2.83 bits per heavy atom. The number of aryl methyl sites for hydroxylation is 1. The lowest BCUT2D eigenvalue weighted by atomic mass is 10.3. The van der Waals surface area contributed by atoms with Crippen LogP contribution in [0.2, 0.25) is 0 Å². The zero-order chi connectivity index (χ0) is 17.7. The summed E-state index contributed by atoms with van der Waals surface area (Å²) in [5, 5.41) is 7.58. The molecule has 1 aromatic heterocycles. The van der Waals surface area contributed by atoms with Gasteiger partial charge in [-0.2, -0.15) is 13.9 Å². The Balaban J connectivity index is 2.08. The zero-order valence-corrected chi connectivity index (χ0v) is 15.6. The molecule has 1 aromatic carbocycles. The van der Waals surface area contributed by atoms with Gasteiger partial charge < -0.3 is 15.0 Å². The minimum Gasteiger partial charge on any atom is -0.433 e. The highest BCUT2D eigenvalue weighted by atomic mass is 79.9. The minimum atomic E-state index is -2.89. The van der Waals surface area contributed by atoms with Crippen molar-refractivity contribution < 1.29 is 13.5 Å². The molecule has 2 aromatic rings. The molecule has 0 aliphatic carbocycles. The van der Waals surface area contributed by atoms with Crippen molar-refractivity contribution >= 4 is 38.9 Å². The molecule has 2 rings (SSSR count). The second-order valence-electron chi connectivity index (χ2n) is 4.92. The largest absolute Gasteiger partial charge is 0.433 e. The Morgan fingerprint density at radius 1 is 1.46 bits per heavy atom. The van der Waals surface area contributed by atoms with Crippen LogP contribution in [0.4, 0.5) is 14.5 Å². The summed E-state index contributed by atoms with van der Waals surface area (Å²) in [7, 11) is 1.81. The van der Waals surface area contributed by atoms with Gasteiger partial charge in [-0.3, -0.25) is 4.68 Å². The first-order valence-electron chi connectivity index (χ1n) is 7.18. The quantitative estimate of drug-likeness (QED) is 0.715. The molecule has 130 valence electrons. The topological polar surface area (TPSA) is 42.3 Å². The van der Waals surface area contributed by atoms with E-state index in [9.17, 15) is 8.78 Å². The molecule has 0 amide bonds. The summed E-state index contributed by atoms with van der Waals surface area (Å²) < 4.78 is 32.2. The highest BCUT2D eigenvalue weighted by molar-refractivity contribution is 9.10. The van der Waals surface area contributed by atoms with Crippen molar-refractivity contribution in [3.05, 3.63) is 40.6 Å². The van der Waals surface area contributed by atoms with Crippen molar-refractivity contribution in [1.82, 2.24) is 14.7 Å². The SMILES string of the molecule is CCn1ncc(Br)c1CN(C)C(=S)Nc1ccccc1OC(F)F. The predicted octanol–water partition coefficient (Wildman–Crippen LogP) is 4.10. The molecule has 0 fully saturated rings. The molecule has 9 heteroatoms. The Kier molecular flexibility index (Phi) is 6.50. The molecular formula is C15H17BrF2N4OS. The molecule has 0 radical (unpaired) electrons. The third-order valence-electron chi connectivity index (χ3n) is 3.28. The molecule has 0 saturated heterocycles. The molecule has 0 aliphatic rings. The van der Waals surface area contributed by atoms with Crippen LogP contribution in [-0.2, 0) is 13.1 Å². The van der Waals surface area contributed by atoms with E-state index in [1.54, 1.807) is 29.3 Å². The first-order chi connectivity index (χ1) is 11.4. The predicted molar refractivity (Wildman–Crippen MR) is 96.4 cm³/mol. The molecule has 24 heavy (non-hydrogen) atoms. The van der Waals surface area contributed by atoms with E-state index in [0.717, 1.165) is 16.7 Å². The van der Waals surface area contributed by atoms with Gasteiger partial charge in [0.1, 0.15) is 5.75 Å². The maximum atomic E-state index is 12.5. The number of benzene rings is 1. The third-order valence-corrected chi connectivity index (χ3v) is 4.35. The van der Waals surface area contributed by atoms with E-state index < -0.39 is 6.61 Å². The van der Waals surface area contributed by atoms with E-state index in [4.69, 9.17) is 12.2 Å². The molecule has 1 heterocycles. The Bertz CT molecular complexity index is 711. The average molecular weight is 419 g/mol. The Labute approximate surface area is 152 Å². The summed E-state index contributed by atoms with van der Waals surface area (Å²) in [5.41, 5.74) is 1.36. The second-order valence-corrected chi connectivity index (χ2v) is 6.16. The summed E-state index contributed by atoms with van der Waals surface area (Å²) in [6.07, 6.45) is 1.73. The standard InChI is InChI=1S/C15H17BrF2N4OS/c1-3-22-12(10(16)8-19-22)9-21(2)15(24)20-11-6-4-5-7-13(11)23-14(17)18/h4-8,14H,3,9H2,1-2H3,(H,20,24). The summed E-state index contributed by atoms with van der Waals surface area (Å²) in [6.45, 7) is 0.351. The number of nitrogens with one attached hydrogen (secondary N) is 1. The maximum Gasteiger partial charge on any atom is 0.387 e. The van der Waals surface area contributed by atoms with Crippen LogP contribution < -0.4 is 10.1 Å². The van der Waals surface area contributed by atoms with Gasteiger partial charge in [0.2, 0.25) is 0 Å². The van der Waals surface area contributed by atoms with Gasteiger partial charge in [-0.15, -0.1) is 0 Å². The molecule has 0 bridgehead atoms. The monoisotopic (exact) mass is 418 g/mol. The molecular weight excluding hydrogens is 402 g/mol. The highest BCUT2D eigenvalue weighted by Crippen LogP contribution is 2.26. The molecule has 0 atom stereocenters. The van der Waals surface area contributed by atoms with Gasteiger partial charge in [0, 0.05) is 13.6 Å². The Hall–Kier alpha value is -1.74. The first kappa shape index (κ1) is 18.6. The molecule has 0 aliphatic heterocycles. The van der Waals surface area contributed by atoms with Crippen LogP contribution in [0.25, 0.3) is 0 Å². The van der Waals surface area contributed by atoms with Crippen LogP contribution in [0.3, 0.4) is 0 Å². The van der Waals surface area contributed by atoms with Crippen LogP contribution in [-0.4, -0.2) is 33.5 Å². The number of halogens is 3. The zero-order valence-electron chi connectivity index (χ0n) is 13.2. The third kappa shape index (κ3) is 4.64. The number of thiocarbonyl (C=S) groups is 1. The van der Waals surface area contributed by atoms with Gasteiger partial charge in [0.25, 0.3) is 0 Å².